The van der Waals surface area contributed by atoms with E-state index in [0.717, 1.165) is 19.3 Å². The molecule has 0 atom stereocenters. The molecular weight excluding hydrogens is 287 g/mol. The largest absolute Gasteiger partial charge is 0.394 e. The molecule has 0 aromatic rings. The summed E-state index contributed by atoms with van der Waals surface area (Å²) < 4.78 is 26.2. The van der Waals surface area contributed by atoms with Crippen LogP contribution in [0.1, 0.15) is 25.7 Å². The van der Waals surface area contributed by atoms with Gasteiger partial charge in [0.25, 0.3) is 0 Å². The van der Waals surface area contributed by atoms with Crippen LogP contribution in [0.2, 0.25) is 0 Å². The second-order valence-corrected chi connectivity index (χ2v) is 6.14. The number of unbranched alkanes of at least 4 members (excludes halogenated alkanes) is 3. The maximum atomic E-state index is 10.6. The number of ether oxygens (including phenoxy) is 3. The maximum Gasteiger partial charge on any atom is 0.325 e. The maximum absolute atomic E-state index is 10.6. The molecule has 0 amide bonds. The van der Waals surface area contributed by atoms with Gasteiger partial charge in [-0.05, 0) is 12.8 Å². The molecule has 20 heavy (non-hydrogen) atoms. The zero-order valence-electron chi connectivity index (χ0n) is 11.9. The number of hydrogen-bond donors (Lipinski definition) is 3. The van der Waals surface area contributed by atoms with Crippen LogP contribution in [0.15, 0.2) is 0 Å². The Bertz CT molecular complexity index is 244. The first-order chi connectivity index (χ1) is 9.56. The van der Waals surface area contributed by atoms with E-state index in [4.69, 9.17) is 29.1 Å². The van der Waals surface area contributed by atoms with Gasteiger partial charge in [0.2, 0.25) is 0 Å². The van der Waals surface area contributed by atoms with Gasteiger partial charge in [-0.3, -0.25) is 4.57 Å². The van der Waals surface area contributed by atoms with Gasteiger partial charge in [-0.25, -0.2) is 0 Å². The smallest absolute Gasteiger partial charge is 0.325 e. The highest BCUT2D eigenvalue weighted by Gasteiger charge is 2.10. The van der Waals surface area contributed by atoms with Gasteiger partial charge >= 0.3 is 7.60 Å². The van der Waals surface area contributed by atoms with E-state index in [1.54, 1.807) is 0 Å². The quantitative estimate of drug-likeness (QED) is 0.303. The minimum Gasteiger partial charge on any atom is -0.394 e. The van der Waals surface area contributed by atoms with E-state index >= 15 is 0 Å². The molecular formula is C12H27O7P. The van der Waals surface area contributed by atoms with E-state index in [1.165, 1.54) is 0 Å². The molecule has 0 aliphatic carbocycles. The molecule has 0 spiro atoms. The molecule has 0 unspecified atom stereocenters. The Balaban J connectivity index is 3.01. The fraction of sp³-hybridized carbons (Fsp3) is 1.00. The van der Waals surface area contributed by atoms with Gasteiger partial charge in [0.15, 0.2) is 0 Å². The monoisotopic (exact) mass is 314 g/mol. The molecule has 0 fully saturated rings. The molecule has 0 aliphatic rings. The summed E-state index contributed by atoms with van der Waals surface area (Å²) in [5, 5.41) is 8.46. The average molecular weight is 314 g/mol. The van der Waals surface area contributed by atoms with Crippen LogP contribution < -0.4 is 0 Å². The first-order valence-electron chi connectivity index (χ1n) is 6.95. The van der Waals surface area contributed by atoms with Crippen molar-refractivity contribution < 1.29 is 33.7 Å². The fourth-order valence-electron chi connectivity index (χ4n) is 1.48. The summed E-state index contributed by atoms with van der Waals surface area (Å²) in [5.74, 6) is 0. The Labute approximate surface area is 120 Å². The summed E-state index contributed by atoms with van der Waals surface area (Å²) in [6.45, 7) is 3.01. The molecule has 3 N–H and O–H groups in total. The zero-order chi connectivity index (χ0) is 15.1. The predicted molar refractivity (Wildman–Crippen MR) is 74.9 cm³/mol. The van der Waals surface area contributed by atoms with Crippen LogP contribution in [0.5, 0.6) is 0 Å². The lowest BCUT2D eigenvalue weighted by Crippen LogP contribution is -2.11. The molecule has 0 rings (SSSR count). The van der Waals surface area contributed by atoms with E-state index in [2.05, 4.69) is 0 Å². The number of aliphatic hydroxyl groups excluding tert-OH is 1. The average Bonchev–Trinajstić information content (AvgIpc) is 2.38. The highest BCUT2D eigenvalue weighted by Crippen LogP contribution is 2.35. The van der Waals surface area contributed by atoms with Crippen molar-refractivity contribution in [3.05, 3.63) is 0 Å². The Hall–Kier alpha value is -0.0100. The van der Waals surface area contributed by atoms with Crippen LogP contribution in [-0.2, 0) is 18.8 Å². The molecule has 0 saturated heterocycles. The Morgan fingerprint density at radius 1 is 0.700 bits per heavy atom. The Morgan fingerprint density at radius 3 is 1.75 bits per heavy atom. The lowest BCUT2D eigenvalue weighted by atomic mass is 10.2. The number of hydrogen-bond acceptors (Lipinski definition) is 5. The normalized spacial score (nSPS) is 11.9. The van der Waals surface area contributed by atoms with Crippen LogP contribution in [0.4, 0.5) is 0 Å². The molecule has 0 aromatic heterocycles. The second-order valence-electron chi connectivity index (χ2n) is 4.36. The summed E-state index contributed by atoms with van der Waals surface area (Å²) in [4.78, 5) is 17.3. The van der Waals surface area contributed by atoms with Gasteiger partial charge in [-0.1, -0.05) is 12.8 Å². The second kappa shape index (κ2) is 13.9. The third kappa shape index (κ3) is 18.0. The Kier molecular flexibility index (Phi) is 13.9. The SMILES string of the molecule is O=P(O)(O)CCCCCCOCCOCCOCCO. The van der Waals surface area contributed by atoms with Gasteiger partial charge in [0.05, 0.1) is 39.6 Å². The van der Waals surface area contributed by atoms with Gasteiger partial charge in [0, 0.05) is 12.8 Å². The number of rotatable bonds is 15. The minimum absolute atomic E-state index is 0.0251. The number of aliphatic hydroxyl groups is 1. The van der Waals surface area contributed by atoms with Crippen LogP contribution in [0, 0.1) is 0 Å². The summed E-state index contributed by atoms with van der Waals surface area (Å²) in [6.07, 6.45) is 3.14. The van der Waals surface area contributed by atoms with E-state index in [0.29, 0.717) is 46.1 Å². The lowest BCUT2D eigenvalue weighted by molar-refractivity contribution is 0.00720. The fourth-order valence-corrected chi connectivity index (χ4v) is 2.12. The third-order valence-corrected chi connectivity index (χ3v) is 3.37. The van der Waals surface area contributed by atoms with Crippen molar-refractivity contribution >= 4 is 7.60 Å². The van der Waals surface area contributed by atoms with Crippen molar-refractivity contribution in [2.24, 2.45) is 0 Å². The summed E-state index contributed by atoms with van der Waals surface area (Å²) in [7, 11) is -3.82. The van der Waals surface area contributed by atoms with Crippen molar-refractivity contribution in [1.29, 1.82) is 0 Å². The molecule has 122 valence electrons. The summed E-state index contributed by atoms with van der Waals surface area (Å²) >= 11 is 0. The predicted octanol–water partition coefficient (Wildman–Crippen LogP) is 0.767. The van der Waals surface area contributed by atoms with Crippen molar-refractivity contribution in [3.8, 4) is 0 Å². The van der Waals surface area contributed by atoms with Crippen LogP contribution >= 0.6 is 7.60 Å². The van der Waals surface area contributed by atoms with Crippen LogP contribution in [-0.4, -0.2) is 67.3 Å². The highest BCUT2D eigenvalue weighted by molar-refractivity contribution is 7.51. The third-order valence-electron chi connectivity index (χ3n) is 2.47. The molecule has 8 heteroatoms. The first kappa shape index (κ1) is 20.0. The van der Waals surface area contributed by atoms with E-state index in [1.807, 2.05) is 0 Å². The standard InChI is InChI=1S/C12H27O7P/c13-5-7-18-9-11-19-10-8-17-6-3-1-2-4-12-20(14,15)16/h13H,1-12H2,(H2,14,15,16). The van der Waals surface area contributed by atoms with E-state index < -0.39 is 7.60 Å². The molecule has 0 heterocycles. The molecule has 0 saturated carbocycles. The van der Waals surface area contributed by atoms with Crippen LogP contribution in [0.25, 0.3) is 0 Å². The minimum atomic E-state index is -3.82. The molecule has 7 nitrogen and oxygen atoms in total. The molecule has 0 aliphatic heterocycles. The van der Waals surface area contributed by atoms with E-state index in [9.17, 15) is 4.57 Å². The Morgan fingerprint density at radius 2 is 1.20 bits per heavy atom. The van der Waals surface area contributed by atoms with Gasteiger partial charge in [-0.15, -0.1) is 0 Å². The zero-order valence-corrected chi connectivity index (χ0v) is 12.8. The van der Waals surface area contributed by atoms with Gasteiger partial charge in [-0.2, -0.15) is 0 Å². The highest BCUT2D eigenvalue weighted by atomic mass is 31.2. The topological polar surface area (TPSA) is 105 Å². The first-order valence-corrected chi connectivity index (χ1v) is 8.74. The summed E-state index contributed by atoms with van der Waals surface area (Å²) in [5.41, 5.74) is 0. The molecule has 0 radical (unpaired) electrons. The van der Waals surface area contributed by atoms with E-state index in [-0.39, 0.29) is 12.8 Å². The van der Waals surface area contributed by atoms with Crippen molar-refractivity contribution in [1.82, 2.24) is 0 Å². The summed E-state index contributed by atoms with van der Waals surface area (Å²) in [6, 6.07) is 0. The van der Waals surface area contributed by atoms with Crippen molar-refractivity contribution in [3.63, 3.8) is 0 Å². The van der Waals surface area contributed by atoms with Crippen LogP contribution in [0.3, 0.4) is 0 Å². The molecule has 0 aromatic carbocycles. The van der Waals surface area contributed by atoms with Gasteiger partial charge in [0.1, 0.15) is 0 Å². The lowest BCUT2D eigenvalue weighted by Gasteiger charge is -2.06. The van der Waals surface area contributed by atoms with Gasteiger partial charge < -0.3 is 29.1 Å². The van der Waals surface area contributed by atoms with Crippen molar-refractivity contribution in [2.45, 2.75) is 25.7 Å². The molecule has 0 bridgehead atoms. The van der Waals surface area contributed by atoms with Crippen molar-refractivity contribution in [2.75, 3.05) is 52.4 Å².